The van der Waals surface area contributed by atoms with Gasteiger partial charge in [-0.1, -0.05) is 12.1 Å². The van der Waals surface area contributed by atoms with Crippen molar-refractivity contribution in [1.82, 2.24) is 14.2 Å². The van der Waals surface area contributed by atoms with Gasteiger partial charge in [0.25, 0.3) is 0 Å². The Balaban J connectivity index is 1.86. The molecule has 8 heteroatoms. The van der Waals surface area contributed by atoms with Gasteiger partial charge >= 0.3 is 0 Å². The first-order valence-corrected chi connectivity index (χ1v) is 9.98. The molecule has 26 heavy (non-hydrogen) atoms. The Labute approximate surface area is 153 Å². The van der Waals surface area contributed by atoms with Gasteiger partial charge in [0.15, 0.2) is 0 Å². The van der Waals surface area contributed by atoms with Gasteiger partial charge in [0.1, 0.15) is 4.90 Å². The summed E-state index contributed by atoms with van der Waals surface area (Å²) in [4.78, 5) is 18.4. The summed E-state index contributed by atoms with van der Waals surface area (Å²) in [6.45, 7) is 6.37. The molecule has 1 aliphatic rings. The fraction of sp³-hybridized carbons (Fsp3) is 0.444. The van der Waals surface area contributed by atoms with Crippen LogP contribution in [0.25, 0.3) is 10.9 Å². The fourth-order valence-corrected chi connectivity index (χ4v) is 4.72. The Morgan fingerprint density at radius 1 is 1.19 bits per heavy atom. The summed E-state index contributed by atoms with van der Waals surface area (Å²) < 4.78 is 27.6. The lowest BCUT2D eigenvalue weighted by atomic mass is 10.1. The standard InChI is InChI=1S/C18H24N4O3S/c1-13-11-14-5-4-6-15(16(14)20-12-13)26(24,25)22-9-7-21(8-10-22)17(23)18(2,3)19/h4-6,11-12H,7-10,19H2,1-3H3. The van der Waals surface area contributed by atoms with Crippen molar-refractivity contribution in [3.63, 3.8) is 0 Å². The number of aryl methyl sites for hydroxylation is 1. The molecule has 0 bridgehead atoms. The number of nitrogens with zero attached hydrogens (tertiary/aromatic N) is 3. The number of nitrogens with two attached hydrogens (primary N) is 1. The zero-order valence-corrected chi connectivity index (χ0v) is 16.1. The molecule has 2 heterocycles. The van der Waals surface area contributed by atoms with Crippen LogP contribution < -0.4 is 5.73 Å². The lowest BCUT2D eigenvalue weighted by Crippen LogP contribution is -2.57. The van der Waals surface area contributed by atoms with Crippen LogP contribution in [0.5, 0.6) is 0 Å². The number of benzene rings is 1. The van der Waals surface area contributed by atoms with Crippen LogP contribution in [0.2, 0.25) is 0 Å². The van der Waals surface area contributed by atoms with E-state index >= 15 is 0 Å². The number of pyridine rings is 1. The van der Waals surface area contributed by atoms with Gasteiger partial charge in [-0.3, -0.25) is 9.78 Å². The van der Waals surface area contributed by atoms with Gasteiger partial charge in [-0.15, -0.1) is 0 Å². The van der Waals surface area contributed by atoms with Crippen molar-refractivity contribution in [2.24, 2.45) is 5.73 Å². The molecule has 1 aromatic heterocycles. The summed E-state index contributed by atoms with van der Waals surface area (Å²) in [6, 6.07) is 7.09. The van der Waals surface area contributed by atoms with E-state index in [4.69, 9.17) is 5.73 Å². The molecule has 140 valence electrons. The van der Waals surface area contributed by atoms with Crippen LogP contribution in [0.4, 0.5) is 0 Å². The number of carbonyl (C=O) groups excluding carboxylic acids is 1. The van der Waals surface area contributed by atoms with Gasteiger partial charge < -0.3 is 10.6 Å². The number of amides is 1. The van der Waals surface area contributed by atoms with E-state index in [0.29, 0.717) is 18.6 Å². The second kappa shape index (κ2) is 6.61. The van der Waals surface area contributed by atoms with Gasteiger partial charge in [0.2, 0.25) is 15.9 Å². The van der Waals surface area contributed by atoms with E-state index in [1.807, 2.05) is 19.1 Å². The van der Waals surface area contributed by atoms with Gasteiger partial charge in [0.05, 0.1) is 11.1 Å². The highest BCUT2D eigenvalue weighted by molar-refractivity contribution is 7.89. The third-order valence-corrected chi connectivity index (χ3v) is 6.44. The van der Waals surface area contributed by atoms with Crippen LogP contribution in [0.3, 0.4) is 0 Å². The van der Waals surface area contributed by atoms with E-state index < -0.39 is 15.6 Å². The molecule has 0 unspecified atom stereocenters. The number of rotatable bonds is 3. The number of hydrogen-bond acceptors (Lipinski definition) is 5. The van der Waals surface area contributed by atoms with Gasteiger partial charge in [-0.25, -0.2) is 8.42 Å². The molecular weight excluding hydrogens is 352 g/mol. The monoisotopic (exact) mass is 376 g/mol. The molecular formula is C18H24N4O3S. The molecule has 2 N–H and O–H groups in total. The zero-order valence-electron chi connectivity index (χ0n) is 15.3. The average Bonchev–Trinajstić information content (AvgIpc) is 2.59. The van der Waals surface area contributed by atoms with Crippen molar-refractivity contribution in [3.05, 3.63) is 36.0 Å². The van der Waals surface area contributed by atoms with E-state index in [2.05, 4.69) is 4.98 Å². The Hall–Kier alpha value is -2.03. The van der Waals surface area contributed by atoms with E-state index in [0.717, 1.165) is 10.9 Å². The third-order valence-electron chi connectivity index (χ3n) is 4.51. The molecule has 0 atom stereocenters. The number of sulfonamides is 1. The quantitative estimate of drug-likeness (QED) is 0.866. The highest BCUT2D eigenvalue weighted by Gasteiger charge is 2.34. The zero-order chi connectivity index (χ0) is 19.1. The topological polar surface area (TPSA) is 96.6 Å². The first kappa shape index (κ1) is 18.8. The number of para-hydroxylation sites is 1. The van der Waals surface area contributed by atoms with Gasteiger partial charge in [-0.2, -0.15) is 4.31 Å². The number of carbonyl (C=O) groups is 1. The maximum atomic E-state index is 13.1. The van der Waals surface area contributed by atoms with Crippen molar-refractivity contribution in [2.45, 2.75) is 31.2 Å². The molecule has 7 nitrogen and oxygen atoms in total. The predicted molar refractivity (Wildman–Crippen MR) is 100 cm³/mol. The molecule has 0 spiro atoms. The molecule has 1 saturated heterocycles. The Morgan fingerprint density at radius 3 is 2.46 bits per heavy atom. The van der Waals surface area contributed by atoms with E-state index in [1.165, 1.54) is 4.31 Å². The molecule has 1 aromatic carbocycles. The maximum absolute atomic E-state index is 13.1. The lowest BCUT2D eigenvalue weighted by Gasteiger charge is -2.36. The van der Waals surface area contributed by atoms with Gasteiger partial charge in [0, 0.05) is 37.8 Å². The van der Waals surface area contributed by atoms with E-state index in [-0.39, 0.29) is 23.9 Å². The molecule has 0 aliphatic carbocycles. The number of piperazine rings is 1. The lowest BCUT2D eigenvalue weighted by molar-refractivity contribution is -0.137. The highest BCUT2D eigenvalue weighted by atomic mass is 32.2. The van der Waals surface area contributed by atoms with Crippen molar-refractivity contribution >= 4 is 26.8 Å². The SMILES string of the molecule is Cc1cnc2c(S(=O)(=O)N3CCN(C(=O)C(C)(C)N)CC3)cccc2c1. The Bertz CT molecular complexity index is 943. The summed E-state index contributed by atoms with van der Waals surface area (Å²) >= 11 is 0. The summed E-state index contributed by atoms with van der Waals surface area (Å²) in [6.07, 6.45) is 1.67. The van der Waals surface area contributed by atoms with E-state index in [1.54, 1.807) is 37.1 Å². The minimum absolute atomic E-state index is 0.170. The fourth-order valence-electron chi connectivity index (χ4n) is 3.13. The molecule has 1 aliphatic heterocycles. The normalized spacial score (nSPS) is 16.8. The number of aromatic nitrogens is 1. The summed E-state index contributed by atoms with van der Waals surface area (Å²) in [5.74, 6) is -0.170. The minimum atomic E-state index is -3.68. The summed E-state index contributed by atoms with van der Waals surface area (Å²) in [5, 5.41) is 0.796. The van der Waals surface area contributed by atoms with Crippen LogP contribution in [0, 0.1) is 6.92 Å². The molecule has 2 aromatic rings. The largest absolute Gasteiger partial charge is 0.338 e. The van der Waals surface area contributed by atoms with Crippen molar-refractivity contribution in [3.8, 4) is 0 Å². The second-order valence-corrected chi connectivity index (χ2v) is 9.16. The van der Waals surface area contributed by atoms with E-state index in [9.17, 15) is 13.2 Å². The highest BCUT2D eigenvalue weighted by Crippen LogP contribution is 2.25. The van der Waals surface area contributed by atoms with Crippen molar-refractivity contribution in [2.75, 3.05) is 26.2 Å². The first-order chi connectivity index (χ1) is 12.1. The maximum Gasteiger partial charge on any atom is 0.245 e. The Morgan fingerprint density at radius 2 is 1.85 bits per heavy atom. The third kappa shape index (κ3) is 3.44. The Kier molecular flexibility index (Phi) is 4.76. The first-order valence-electron chi connectivity index (χ1n) is 8.54. The van der Waals surface area contributed by atoms with Crippen molar-refractivity contribution < 1.29 is 13.2 Å². The molecule has 0 radical (unpaired) electrons. The molecule has 1 amide bonds. The predicted octanol–water partition coefficient (Wildman–Crippen LogP) is 1.11. The molecule has 0 saturated carbocycles. The van der Waals surface area contributed by atoms with Crippen LogP contribution in [-0.2, 0) is 14.8 Å². The summed E-state index contributed by atoms with van der Waals surface area (Å²) in [5.41, 5.74) is 6.35. The van der Waals surface area contributed by atoms with Crippen LogP contribution in [-0.4, -0.2) is 60.2 Å². The molecule has 3 rings (SSSR count). The van der Waals surface area contributed by atoms with Crippen LogP contribution >= 0.6 is 0 Å². The van der Waals surface area contributed by atoms with Crippen molar-refractivity contribution in [1.29, 1.82) is 0 Å². The van der Waals surface area contributed by atoms with Crippen LogP contribution in [0.1, 0.15) is 19.4 Å². The smallest absolute Gasteiger partial charge is 0.245 e. The second-order valence-electron chi connectivity index (χ2n) is 7.26. The molecule has 1 fully saturated rings. The number of hydrogen-bond donors (Lipinski definition) is 1. The average molecular weight is 376 g/mol. The van der Waals surface area contributed by atoms with Gasteiger partial charge in [-0.05, 0) is 38.5 Å². The number of fused-ring (bicyclic) bond motifs is 1. The summed E-state index contributed by atoms with van der Waals surface area (Å²) in [7, 11) is -3.68. The minimum Gasteiger partial charge on any atom is -0.338 e. The van der Waals surface area contributed by atoms with Crippen LogP contribution in [0.15, 0.2) is 35.4 Å².